The highest BCUT2D eigenvalue weighted by Gasteiger charge is 2.23. The summed E-state index contributed by atoms with van der Waals surface area (Å²) >= 11 is 3.40. The molecule has 8 aromatic rings. The highest BCUT2D eigenvalue weighted by atomic mass is 79.9. The number of methoxy groups -OCH3 is 2. The number of hydrogen-bond donors (Lipinski definition) is 1. The third-order valence-corrected chi connectivity index (χ3v) is 12.6. The monoisotopic (exact) mass is 938 g/mol. The minimum atomic E-state index is 0.0837. The second kappa shape index (κ2) is 19.4. The van der Waals surface area contributed by atoms with Crippen LogP contribution < -0.4 is 9.47 Å². The molecular formula is C58H71BrN2O4. The lowest BCUT2D eigenvalue weighted by atomic mass is 9.85. The van der Waals surface area contributed by atoms with Crippen LogP contribution in [-0.2, 0) is 31.1 Å². The molecule has 2 aromatic heterocycles. The van der Waals surface area contributed by atoms with Crippen LogP contribution in [-0.4, -0.2) is 37.4 Å². The quantitative estimate of drug-likeness (QED) is 0.162. The Bertz CT molecular complexity index is 2790. The summed E-state index contributed by atoms with van der Waals surface area (Å²) < 4.78 is 24.5. The first kappa shape index (κ1) is 49.4. The van der Waals surface area contributed by atoms with Crippen LogP contribution in [0.5, 0.6) is 11.5 Å². The van der Waals surface area contributed by atoms with Crippen LogP contribution in [0.2, 0.25) is 0 Å². The third kappa shape index (κ3) is 11.5. The molecule has 0 saturated carbocycles. The molecule has 1 N–H and O–H groups in total. The van der Waals surface area contributed by atoms with E-state index in [1.165, 1.54) is 77.0 Å². The van der Waals surface area contributed by atoms with Crippen molar-refractivity contribution in [3.05, 3.63) is 147 Å². The van der Waals surface area contributed by atoms with Gasteiger partial charge in [0.25, 0.3) is 0 Å². The zero-order valence-corrected chi connectivity index (χ0v) is 43.4. The summed E-state index contributed by atoms with van der Waals surface area (Å²) in [5, 5.41) is 5.22. The molecule has 344 valence electrons. The zero-order valence-electron chi connectivity index (χ0n) is 41.8. The van der Waals surface area contributed by atoms with E-state index in [-0.39, 0.29) is 35.2 Å². The predicted octanol–water partition coefficient (Wildman–Crippen LogP) is 16.3. The maximum absolute atomic E-state index is 5.98. The summed E-state index contributed by atoms with van der Waals surface area (Å²) in [6.45, 7) is 31.9. The van der Waals surface area contributed by atoms with E-state index >= 15 is 0 Å². The van der Waals surface area contributed by atoms with E-state index in [2.05, 4.69) is 200 Å². The van der Waals surface area contributed by atoms with Crippen LogP contribution in [0, 0.1) is 13.8 Å². The molecule has 0 aliphatic carbocycles. The molecule has 6 nitrogen and oxygen atoms in total. The molecule has 8 rings (SSSR count). The number of aryl methyl sites for hydroxylation is 2. The molecule has 65 heavy (non-hydrogen) atoms. The standard InChI is InChI=1S/C29H35NO2.C20H25N.C9H11BrO2/c1-19-9-14-27(32-18-31-8)26(15-19)30-24-12-10-20(28(2,3)4)16-22(24)23-17-21(29(5,6)7)11-13-25(23)30;1-19(2,3)13-7-9-17-15(11-13)16-12-14(20(4,5)6)8-10-18(16)21-17;1-7-3-4-9(8(10)5-7)12-6-11-2/h9-17H,18H2,1-8H3;7-12,21H,1-6H3;3-5H,6H2,1-2H3. The lowest BCUT2D eigenvalue weighted by Crippen LogP contribution is -2.10. The van der Waals surface area contributed by atoms with Gasteiger partial charge in [-0.15, -0.1) is 0 Å². The van der Waals surface area contributed by atoms with Crippen molar-refractivity contribution < 1.29 is 18.9 Å². The summed E-state index contributed by atoms with van der Waals surface area (Å²) in [4.78, 5) is 3.54. The number of benzene rings is 6. The maximum Gasteiger partial charge on any atom is 0.188 e. The molecule has 0 bridgehead atoms. The van der Waals surface area contributed by atoms with Crippen LogP contribution in [0.25, 0.3) is 49.3 Å². The van der Waals surface area contributed by atoms with E-state index in [1.54, 1.807) is 14.2 Å². The summed E-state index contributed by atoms with van der Waals surface area (Å²) in [6.07, 6.45) is 0. The molecule has 0 saturated heterocycles. The summed E-state index contributed by atoms with van der Waals surface area (Å²) in [7, 11) is 3.25. The number of aromatic amines is 1. The molecule has 2 heterocycles. The van der Waals surface area contributed by atoms with E-state index in [4.69, 9.17) is 18.9 Å². The molecule has 6 aromatic carbocycles. The molecule has 0 aliphatic heterocycles. The first-order valence-electron chi connectivity index (χ1n) is 22.7. The molecule has 0 spiro atoms. The molecule has 0 radical (unpaired) electrons. The molecule has 0 unspecified atom stereocenters. The van der Waals surface area contributed by atoms with Crippen molar-refractivity contribution in [1.29, 1.82) is 0 Å². The fraction of sp³-hybridized carbons (Fsp3) is 0.379. The number of fused-ring (bicyclic) bond motifs is 6. The first-order valence-corrected chi connectivity index (χ1v) is 23.5. The van der Waals surface area contributed by atoms with Gasteiger partial charge in [-0.3, -0.25) is 0 Å². The van der Waals surface area contributed by atoms with Crippen LogP contribution in [0.4, 0.5) is 0 Å². The zero-order chi connectivity index (χ0) is 47.6. The second-order valence-corrected chi connectivity index (χ2v) is 22.3. The largest absolute Gasteiger partial charge is 0.466 e. The Morgan fingerprint density at radius 1 is 0.446 bits per heavy atom. The van der Waals surface area contributed by atoms with Crippen molar-refractivity contribution >= 4 is 59.5 Å². The second-order valence-electron chi connectivity index (χ2n) is 21.5. The van der Waals surface area contributed by atoms with Gasteiger partial charge in [0.05, 0.1) is 21.2 Å². The van der Waals surface area contributed by atoms with Gasteiger partial charge in [-0.2, -0.15) is 0 Å². The normalized spacial score (nSPS) is 12.3. The van der Waals surface area contributed by atoms with Crippen molar-refractivity contribution in [1.82, 2.24) is 9.55 Å². The van der Waals surface area contributed by atoms with E-state index < -0.39 is 0 Å². The van der Waals surface area contributed by atoms with Crippen LogP contribution in [0.3, 0.4) is 0 Å². The Morgan fingerprint density at radius 3 is 1.22 bits per heavy atom. The predicted molar refractivity (Wildman–Crippen MR) is 280 cm³/mol. The van der Waals surface area contributed by atoms with Gasteiger partial charge >= 0.3 is 0 Å². The smallest absolute Gasteiger partial charge is 0.188 e. The summed E-state index contributed by atoms with van der Waals surface area (Å²) in [5.74, 6) is 1.62. The molecule has 0 amide bonds. The number of halogens is 1. The Hall–Kier alpha value is -5.08. The fourth-order valence-electron chi connectivity index (χ4n) is 7.94. The number of rotatable bonds is 7. The average molecular weight is 940 g/mol. The van der Waals surface area contributed by atoms with Gasteiger partial charge in [-0.25, -0.2) is 0 Å². The topological polar surface area (TPSA) is 57.6 Å². The Morgan fingerprint density at radius 2 is 0.815 bits per heavy atom. The van der Waals surface area contributed by atoms with Gasteiger partial charge in [-0.1, -0.05) is 119 Å². The van der Waals surface area contributed by atoms with E-state index in [9.17, 15) is 0 Å². The Labute approximate surface area is 396 Å². The van der Waals surface area contributed by atoms with Crippen molar-refractivity contribution in [3.8, 4) is 17.2 Å². The van der Waals surface area contributed by atoms with Gasteiger partial charge in [0.15, 0.2) is 13.6 Å². The minimum absolute atomic E-state index is 0.0837. The fourth-order valence-corrected chi connectivity index (χ4v) is 8.55. The maximum atomic E-state index is 5.98. The number of hydrogen-bond acceptors (Lipinski definition) is 4. The Balaban J connectivity index is 0.000000181. The number of ether oxygens (including phenoxy) is 4. The highest BCUT2D eigenvalue weighted by molar-refractivity contribution is 9.10. The number of H-pyrrole nitrogens is 1. The SMILES string of the molecule is CC(C)(C)c1ccc2[nH]c3ccc(C(C)(C)C)cc3c2c1.COCOc1ccc(C)cc1-n1c2ccc(C(C)(C)C)cc2c2cc(C(C)(C)C)ccc21.COCOc1ccc(C)cc1Br. The van der Waals surface area contributed by atoms with E-state index in [0.717, 1.165) is 21.7 Å². The molecule has 0 aliphatic rings. The third-order valence-electron chi connectivity index (χ3n) is 11.9. The van der Waals surface area contributed by atoms with Gasteiger partial charge in [0, 0.05) is 46.8 Å². The van der Waals surface area contributed by atoms with Crippen molar-refractivity contribution in [2.45, 2.75) is 119 Å². The van der Waals surface area contributed by atoms with Crippen LogP contribution >= 0.6 is 15.9 Å². The van der Waals surface area contributed by atoms with Crippen molar-refractivity contribution in [3.63, 3.8) is 0 Å². The average Bonchev–Trinajstić information content (AvgIpc) is 3.76. The van der Waals surface area contributed by atoms with Gasteiger partial charge in [0.2, 0.25) is 0 Å². The van der Waals surface area contributed by atoms with Gasteiger partial charge in [-0.05, 0) is 158 Å². The minimum Gasteiger partial charge on any atom is -0.466 e. The van der Waals surface area contributed by atoms with E-state index in [1.807, 2.05) is 31.2 Å². The number of nitrogens with one attached hydrogen (secondary N) is 1. The summed E-state index contributed by atoms with van der Waals surface area (Å²) in [6, 6.07) is 39.6. The summed E-state index contributed by atoms with van der Waals surface area (Å²) in [5.41, 5.74) is 14.2. The highest BCUT2D eigenvalue weighted by Crippen LogP contribution is 2.40. The molecular weight excluding hydrogens is 869 g/mol. The van der Waals surface area contributed by atoms with Crippen LogP contribution in [0.1, 0.15) is 116 Å². The first-order chi connectivity index (χ1) is 30.4. The molecule has 0 atom stereocenters. The number of aromatic nitrogens is 2. The van der Waals surface area contributed by atoms with Gasteiger partial charge < -0.3 is 28.5 Å². The lowest BCUT2D eigenvalue weighted by molar-refractivity contribution is 0.0505. The van der Waals surface area contributed by atoms with Crippen LogP contribution in [0.15, 0.2) is 114 Å². The number of nitrogens with zero attached hydrogens (tertiary/aromatic N) is 1. The molecule has 7 heteroatoms. The molecule has 0 fully saturated rings. The van der Waals surface area contributed by atoms with E-state index in [0.29, 0.717) is 0 Å². The van der Waals surface area contributed by atoms with Crippen molar-refractivity contribution in [2.24, 2.45) is 0 Å². The van der Waals surface area contributed by atoms with Gasteiger partial charge in [0.1, 0.15) is 11.5 Å². The van der Waals surface area contributed by atoms with Crippen molar-refractivity contribution in [2.75, 3.05) is 27.8 Å². The lowest BCUT2D eigenvalue weighted by Gasteiger charge is -2.19. The Kier molecular flexibility index (Phi) is 14.7.